The first kappa shape index (κ1) is 16.2. The van der Waals surface area contributed by atoms with Crippen LogP contribution in [0.5, 0.6) is 0 Å². The third-order valence-electron chi connectivity index (χ3n) is 5.45. The zero-order valence-corrected chi connectivity index (χ0v) is 14.9. The van der Waals surface area contributed by atoms with Crippen molar-refractivity contribution in [2.45, 2.75) is 71.1 Å². The van der Waals surface area contributed by atoms with E-state index in [4.69, 9.17) is 4.84 Å². The highest BCUT2D eigenvalue weighted by molar-refractivity contribution is 5.99. The van der Waals surface area contributed by atoms with E-state index in [0.29, 0.717) is 0 Å². The summed E-state index contributed by atoms with van der Waals surface area (Å²) in [6, 6.07) is 6.57. The van der Waals surface area contributed by atoms with Gasteiger partial charge in [-0.1, -0.05) is 45.0 Å². The van der Waals surface area contributed by atoms with Gasteiger partial charge in [0, 0.05) is 0 Å². The Morgan fingerprint density at radius 3 is 2.30 bits per heavy atom. The lowest BCUT2D eigenvalue weighted by Crippen LogP contribution is -2.34. The molecular formula is C20H27NO2. The number of hydrogen-bond donors (Lipinski definition) is 0. The van der Waals surface area contributed by atoms with Crippen LogP contribution in [0.25, 0.3) is 0 Å². The first-order chi connectivity index (χ1) is 10.7. The molecule has 0 saturated heterocycles. The van der Waals surface area contributed by atoms with Gasteiger partial charge in [-0.25, -0.2) is 4.79 Å². The molecule has 0 N–H and O–H groups in total. The Labute approximate surface area is 139 Å². The van der Waals surface area contributed by atoms with Crippen molar-refractivity contribution in [3.63, 3.8) is 0 Å². The van der Waals surface area contributed by atoms with Crippen molar-refractivity contribution in [3.8, 4) is 0 Å². The van der Waals surface area contributed by atoms with E-state index in [2.05, 4.69) is 51.0 Å². The summed E-state index contributed by atoms with van der Waals surface area (Å²) in [5, 5.41) is 4.06. The van der Waals surface area contributed by atoms with Gasteiger partial charge < -0.3 is 4.84 Å². The summed E-state index contributed by atoms with van der Waals surface area (Å²) in [6.07, 6.45) is 4.27. The van der Waals surface area contributed by atoms with Crippen LogP contribution in [0.15, 0.2) is 23.4 Å². The van der Waals surface area contributed by atoms with Crippen molar-refractivity contribution in [3.05, 3.63) is 34.9 Å². The number of rotatable bonds is 3. The number of fused-ring (bicyclic) bond motifs is 1. The van der Waals surface area contributed by atoms with E-state index in [1.807, 2.05) is 6.92 Å². The topological polar surface area (TPSA) is 38.7 Å². The number of carbonyl (C=O) groups is 1. The normalized spacial score (nSPS) is 22.4. The summed E-state index contributed by atoms with van der Waals surface area (Å²) in [7, 11) is 0. The third-order valence-corrected chi connectivity index (χ3v) is 5.45. The van der Waals surface area contributed by atoms with Crippen LogP contribution in [0, 0.1) is 5.92 Å². The fourth-order valence-corrected chi connectivity index (χ4v) is 3.37. The predicted molar refractivity (Wildman–Crippen MR) is 92.8 cm³/mol. The zero-order valence-electron chi connectivity index (χ0n) is 14.9. The third kappa shape index (κ3) is 3.19. The van der Waals surface area contributed by atoms with E-state index >= 15 is 0 Å². The quantitative estimate of drug-likeness (QED) is 0.460. The molecule has 0 radical (unpaired) electrons. The summed E-state index contributed by atoms with van der Waals surface area (Å²) in [5.74, 6) is -0.112. The van der Waals surface area contributed by atoms with E-state index in [0.717, 1.165) is 24.1 Å². The van der Waals surface area contributed by atoms with Gasteiger partial charge in [-0.2, -0.15) is 0 Å². The van der Waals surface area contributed by atoms with Gasteiger partial charge >= 0.3 is 5.97 Å². The van der Waals surface area contributed by atoms with Gasteiger partial charge in [0.05, 0.1) is 11.6 Å². The predicted octanol–water partition coefficient (Wildman–Crippen LogP) is 4.71. The van der Waals surface area contributed by atoms with Crippen LogP contribution in [0.3, 0.4) is 0 Å². The maximum absolute atomic E-state index is 11.6. The first-order valence-corrected chi connectivity index (χ1v) is 8.61. The molecule has 3 nitrogen and oxygen atoms in total. The molecule has 0 unspecified atom stereocenters. The molecule has 2 aliphatic carbocycles. The lowest BCUT2D eigenvalue weighted by atomic mass is 9.63. The molecule has 2 aliphatic rings. The number of benzene rings is 1. The minimum Gasteiger partial charge on any atom is -0.318 e. The Morgan fingerprint density at radius 2 is 1.70 bits per heavy atom. The SMILES string of the molecule is C/C(=N\OC(=O)C1CC1)c1ccc2c(c1)C(C)(C)CCC2(C)C. The highest BCUT2D eigenvalue weighted by atomic mass is 16.7. The van der Waals surface area contributed by atoms with Gasteiger partial charge in [-0.05, 0) is 66.2 Å². The monoisotopic (exact) mass is 313 g/mol. The molecule has 23 heavy (non-hydrogen) atoms. The number of carbonyl (C=O) groups excluding carboxylic acids is 1. The molecule has 0 amide bonds. The molecule has 0 aliphatic heterocycles. The van der Waals surface area contributed by atoms with Crippen molar-refractivity contribution in [1.82, 2.24) is 0 Å². The summed E-state index contributed by atoms with van der Waals surface area (Å²) in [5.41, 5.74) is 5.02. The number of nitrogens with zero attached hydrogens (tertiary/aromatic N) is 1. The van der Waals surface area contributed by atoms with Gasteiger partial charge in [0.1, 0.15) is 0 Å². The van der Waals surface area contributed by atoms with E-state index in [1.54, 1.807) is 0 Å². The average molecular weight is 313 g/mol. The van der Waals surface area contributed by atoms with Crippen LogP contribution in [-0.2, 0) is 20.5 Å². The van der Waals surface area contributed by atoms with Gasteiger partial charge in [0.25, 0.3) is 0 Å². The van der Waals surface area contributed by atoms with Gasteiger partial charge in [0.15, 0.2) is 0 Å². The van der Waals surface area contributed by atoms with Crippen LogP contribution in [0.2, 0.25) is 0 Å². The second-order valence-corrected chi connectivity index (χ2v) is 8.39. The lowest BCUT2D eigenvalue weighted by Gasteiger charge is -2.42. The Balaban J connectivity index is 1.90. The molecule has 1 aromatic rings. The maximum Gasteiger partial charge on any atom is 0.338 e. The summed E-state index contributed by atoms with van der Waals surface area (Å²) in [6.45, 7) is 11.2. The van der Waals surface area contributed by atoms with Crippen LogP contribution >= 0.6 is 0 Å². The summed E-state index contributed by atoms with van der Waals surface area (Å²) < 4.78 is 0. The highest BCUT2D eigenvalue weighted by Crippen LogP contribution is 2.45. The molecule has 1 fully saturated rings. The minimum absolute atomic E-state index is 0.0785. The molecule has 3 rings (SSSR count). The fraction of sp³-hybridized carbons (Fsp3) is 0.600. The largest absolute Gasteiger partial charge is 0.338 e. The van der Waals surface area contributed by atoms with Crippen molar-refractivity contribution in [2.75, 3.05) is 0 Å². The molecule has 0 bridgehead atoms. The molecule has 124 valence electrons. The second-order valence-electron chi connectivity index (χ2n) is 8.39. The van der Waals surface area contributed by atoms with E-state index in [1.165, 1.54) is 24.0 Å². The summed E-state index contributed by atoms with van der Waals surface area (Å²) in [4.78, 5) is 16.7. The summed E-state index contributed by atoms with van der Waals surface area (Å²) >= 11 is 0. The van der Waals surface area contributed by atoms with Crippen LogP contribution in [0.1, 0.15) is 77.0 Å². The Morgan fingerprint density at radius 1 is 1.09 bits per heavy atom. The van der Waals surface area contributed by atoms with Crippen molar-refractivity contribution in [2.24, 2.45) is 11.1 Å². The lowest BCUT2D eigenvalue weighted by molar-refractivity contribution is -0.145. The highest BCUT2D eigenvalue weighted by Gasteiger charge is 2.37. The molecule has 3 heteroatoms. The van der Waals surface area contributed by atoms with E-state index in [-0.39, 0.29) is 22.7 Å². The van der Waals surface area contributed by atoms with Gasteiger partial charge in [-0.15, -0.1) is 0 Å². The zero-order chi connectivity index (χ0) is 16.8. The fourth-order valence-electron chi connectivity index (χ4n) is 3.37. The minimum atomic E-state index is -0.191. The molecule has 0 aromatic heterocycles. The molecule has 1 aromatic carbocycles. The van der Waals surface area contributed by atoms with Crippen molar-refractivity contribution in [1.29, 1.82) is 0 Å². The van der Waals surface area contributed by atoms with E-state index in [9.17, 15) is 4.79 Å². The first-order valence-electron chi connectivity index (χ1n) is 8.61. The van der Waals surface area contributed by atoms with Crippen LogP contribution in [0.4, 0.5) is 0 Å². The number of hydrogen-bond acceptors (Lipinski definition) is 3. The number of oxime groups is 1. The Hall–Kier alpha value is -1.64. The Bertz CT molecular complexity index is 666. The molecule has 0 atom stereocenters. The van der Waals surface area contributed by atoms with E-state index < -0.39 is 0 Å². The van der Waals surface area contributed by atoms with Crippen LogP contribution < -0.4 is 0 Å². The van der Waals surface area contributed by atoms with Crippen LogP contribution in [-0.4, -0.2) is 11.7 Å². The van der Waals surface area contributed by atoms with Crippen molar-refractivity contribution < 1.29 is 9.63 Å². The van der Waals surface area contributed by atoms with Gasteiger partial charge in [-0.3, -0.25) is 0 Å². The maximum atomic E-state index is 11.6. The molecule has 0 heterocycles. The average Bonchev–Trinajstić information content (AvgIpc) is 3.34. The Kier molecular flexibility index (Phi) is 3.86. The molecular weight excluding hydrogens is 286 g/mol. The van der Waals surface area contributed by atoms with Gasteiger partial charge in [0.2, 0.25) is 0 Å². The molecule has 0 spiro atoms. The second kappa shape index (κ2) is 5.47. The van der Waals surface area contributed by atoms with Crippen molar-refractivity contribution >= 4 is 11.7 Å². The molecule has 1 saturated carbocycles. The standard InChI is InChI=1S/C20H27NO2/c1-13(21-23-18(22)14-6-7-14)15-8-9-16-17(12-15)20(4,5)11-10-19(16,2)3/h8-9,12,14H,6-7,10-11H2,1-5H3/b21-13+. The smallest absolute Gasteiger partial charge is 0.318 e.